The second-order valence-corrected chi connectivity index (χ2v) is 48.8. The highest BCUT2D eigenvalue weighted by molar-refractivity contribution is 7.91. The summed E-state index contributed by atoms with van der Waals surface area (Å²) in [5.41, 5.74) is 7.39. The Morgan fingerprint density at radius 2 is 0.231 bits per heavy atom. The Balaban J connectivity index is 1.03. The minimum absolute atomic E-state index is 0.158. The molecule has 8 aromatic rings. The average molecular weight is 2010 g/mol. The van der Waals surface area contributed by atoms with Crippen LogP contribution < -0.4 is 37.8 Å². The highest BCUT2D eigenvalue weighted by Gasteiger charge is 2.24. The van der Waals surface area contributed by atoms with Crippen LogP contribution in [0.1, 0.15) is 134 Å². The molecule has 0 unspecified atom stereocenters. The average Bonchev–Trinajstić information content (AvgIpc) is 0.884. The molecule has 8 rings (SSSR count). The van der Waals surface area contributed by atoms with Crippen LogP contribution in [0.5, 0.6) is 0 Å². The lowest BCUT2D eigenvalue weighted by atomic mass is 10.2. The molecule has 0 saturated carbocycles. The molecule has 134 heavy (non-hydrogen) atoms. The summed E-state index contributed by atoms with van der Waals surface area (Å²) < 4.78 is 238. The van der Waals surface area contributed by atoms with Crippen molar-refractivity contribution in [2.24, 2.45) is 0 Å². The Bertz CT molecular complexity index is 4760. The number of nitrogens with zero attached hydrogens (tertiary/aromatic N) is 6. The van der Waals surface area contributed by atoms with Gasteiger partial charge in [-0.15, -0.1) is 0 Å². The van der Waals surface area contributed by atoms with E-state index in [1.807, 2.05) is 55.4 Å². The molecule has 8 aromatic carbocycles. The molecule has 0 atom stereocenters. The molecule has 0 aliphatic heterocycles. The summed E-state index contributed by atoms with van der Waals surface area (Å²) in [6.45, 7) is 26.7. The smallest absolute Gasteiger partial charge is 0.240 e. The Morgan fingerprint density at radius 3 is 0.336 bits per heavy atom. The highest BCUT2D eigenvalue weighted by Crippen LogP contribution is 2.20. The third-order valence-corrected chi connectivity index (χ3v) is 35.0. The van der Waals surface area contributed by atoms with Crippen LogP contribution in [0.4, 0.5) is 0 Å². The first-order valence-corrected chi connectivity index (χ1v) is 58.4. The highest BCUT2D eigenvalue weighted by atomic mass is 32.2. The van der Waals surface area contributed by atoms with Gasteiger partial charge in [0.25, 0.3) is 0 Å². The van der Waals surface area contributed by atoms with Crippen molar-refractivity contribution < 1.29 is 67.3 Å². The molecule has 742 valence electrons. The fourth-order valence-electron chi connectivity index (χ4n) is 15.2. The summed E-state index contributed by atoms with van der Waals surface area (Å²) in [7, 11) is -30.5. The molecule has 0 amide bonds. The summed E-state index contributed by atoms with van der Waals surface area (Å²) in [6, 6.07) is 53.2. The van der Waals surface area contributed by atoms with Gasteiger partial charge in [-0.1, -0.05) is 142 Å². The Hall–Kier alpha value is -7.20. The van der Waals surface area contributed by atoms with Crippen molar-refractivity contribution in [1.82, 2.24) is 67.2 Å². The van der Waals surface area contributed by atoms with E-state index in [2.05, 4.69) is 67.2 Å². The predicted molar refractivity (Wildman–Crippen MR) is 534 cm³/mol. The number of sulfonamides is 8. The van der Waals surface area contributed by atoms with Gasteiger partial charge < -0.3 is 29.4 Å². The largest absolute Gasteiger partial charge is 0.303 e. The molecule has 0 fully saturated rings. The van der Waals surface area contributed by atoms with Crippen molar-refractivity contribution in [2.45, 2.75) is 184 Å². The van der Waals surface area contributed by atoms with E-state index in [-0.39, 0.29) is 91.5 Å². The number of rotatable bonds is 69. The van der Waals surface area contributed by atoms with E-state index in [0.717, 1.165) is 57.3 Å². The summed E-state index contributed by atoms with van der Waals surface area (Å²) in [5, 5.41) is 0. The molecule has 0 saturated heterocycles. The van der Waals surface area contributed by atoms with Crippen LogP contribution in [0.3, 0.4) is 0 Å². The number of aryl methyl sites for hydroxylation is 8. The van der Waals surface area contributed by atoms with E-state index in [1.54, 1.807) is 194 Å². The van der Waals surface area contributed by atoms with Crippen LogP contribution >= 0.6 is 0 Å². The molecule has 0 aliphatic rings. The number of nitrogens with one attached hydrogen (secondary N) is 8. The SMILES string of the molecule is Cc1ccc(S(=O)(=O)NCCCN(CCCNS(=O)(=O)c2ccc(C)cc2)CCCN(CCCCN(CCCN(CCCNS(=O)(=O)c2ccc(C)cc2)CCCNS(=O)(=O)c2ccc(C)cc2)CCCN(CCCNS(=O)(=O)c2ccc(C)cc2)CCCNS(=O)(=O)c2ccc(C)cc2)CCCN(CCCNS(=O)(=O)c2ccc(C)cc2)CCCNS(=O)(=O)c2ccc(C)cc2)cc1. The first-order chi connectivity index (χ1) is 63.7. The predicted octanol–water partition coefficient (Wildman–Crippen LogP) is 10.6. The van der Waals surface area contributed by atoms with E-state index in [1.165, 1.54) is 0 Å². The van der Waals surface area contributed by atoms with Gasteiger partial charge in [-0.3, -0.25) is 0 Å². The maximum atomic E-state index is 13.5. The van der Waals surface area contributed by atoms with E-state index in [9.17, 15) is 67.3 Å². The molecule has 8 N–H and O–H groups in total. The Morgan fingerprint density at radius 1 is 0.142 bits per heavy atom. The summed E-state index contributed by atoms with van der Waals surface area (Å²) >= 11 is 0. The number of benzene rings is 8. The lowest BCUT2D eigenvalue weighted by Gasteiger charge is -2.29. The minimum atomic E-state index is -3.82. The van der Waals surface area contributed by atoms with Gasteiger partial charge in [-0.05, 0) is 360 Å². The van der Waals surface area contributed by atoms with Crippen LogP contribution in [0.15, 0.2) is 233 Å². The molecular formula is C96H144N14O16S8. The van der Waals surface area contributed by atoms with E-state index < -0.39 is 80.2 Å². The third-order valence-electron chi connectivity index (χ3n) is 23.2. The van der Waals surface area contributed by atoms with Gasteiger partial charge in [0.2, 0.25) is 80.2 Å². The van der Waals surface area contributed by atoms with Crippen LogP contribution in [-0.2, 0) is 80.2 Å². The van der Waals surface area contributed by atoms with Crippen LogP contribution in [0.25, 0.3) is 0 Å². The fraction of sp³-hybridized carbons (Fsp3) is 0.500. The topological polar surface area (TPSA) is 389 Å². The van der Waals surface area contributed by atoms with Crippen molar-refractivity contribution in [1.29, 1.82) is 0 Å². The third kappa shape index (κ3) is 41.1. The quantitative estimate of drug-likeness (QED) is 0.0164. The molecule has 0 bridgehead atoms. The monoisotopic (exact) mass is 2000 g/mol. The zero-order valence-electron chi connectivity index (χ0n) is 79.2. The molecule has 0 aromatic heterocycles. The van der Waals surface area contributed by atoms with Gasteiger partial charge in [-0.25, -0.2) is 105 Å². The maximum Gasteiger partial charge on any atom is 0.240 e. The van der Waals surface area contributed by atoms with E-state index in [0.29, 0.717) is 195 Å². The van der Waals surface area contributed by atoms with Crippen molar-refractivity contribution in [3.8, 4) is 0 Å². The first-order valence-electron chi connectivity index (χ1n) is 46.5. The van der Waals surface area contributed by atoms with Gasteiger partial charge >= 0.3 is 0 Å². The van der Waals surface area contributed by atoms with Crippen molar-refractivity contribution in [3.63, 3.8) is 0 Å². The van der Waals surface area contributed by atoms with Gasteiger partial charge in [0.1, 0.15) is 0 Å². The number of hydrogen-bond acceptors (Lipinski definition) is 22. The zero-order valence-corrected chi connectivity index (χ0v) is 85.8. The second kappa shape index (κ2) is 56.2. The maximum absolute atomic E-state index is 13.5. The van der Waals surface area contributed by atoms with Gasteiger partial charge in [0, 0.05) is 52.4 Å². The lowest BCUT2D eigenvalue weighted by Crippen LogP contribution is -2.37. The molecule has 0 heterocycles. The zero-order chi connectivity index (χ0) is 97.3. The molecule has 0 radical (unpaired) electrons. The lowest BCUT2D eigenvalue weighted by molar-refractivity contribution is 0.190. The van der Waals surface area contributed by atoms with E-state index >= 15 is 0 Å². The Kier molecular flexibility index (Phi) is 47.0. The minimum Gasteiger partial charge on any atom is -0.303 e. The first kappa shape index (κ1) is 112. The number of hydrogen-bond donors (Lipinski definition) is 8. The van der Waals surface area contributed by atoms with Crippen LogP contribution in [-0.4, -0.2) is 267 Å². The fourth-order valence-corrected chi connectivity index (χ4v) is 23.8. The van der Waals surface area contributed by atoms with Gasteiger partial charge in [0.15, 0.2) is 0 Å². The molecule has 30 nitrogen and oxygen atoms in total. The van der Waals surface area contributed by atoms with Crippen LogP contribution in [0.2, 0.25) is 0 Å². The molecule has 38 heteroatoms. The summed E-state index contributed by atoms with van der Waals surface area (Å²) in [5.74, 6) is 0. The molecule has 0 spiro atoms. The van der Waals surface area contributed by atoms with Crippen LogP contribution in [0, 0.1) is 55.4 Å². The summed E-state index contributed by atoms with van der Waals surface area (Å²) in [6.07, 6.45) is 7.95. The van der Waals surface area contributed by atoms with Crippen molar-refractivity contribution >= 4 is 80.2 Å². The summed E-state index contributed by atoms with van der Waals surface area (Å²) in [4.78, 5) is 15.1. The van der Waals surface area contributed by atoms with Gasteiger partial charge in [-0.2, -0.15) is 0 Å². The Labute approximate surface area is 801 Å². The van der Waals surface area contributed by atoms with Crippen molar-refractivity contribution in [2.75, 3.05) is 170 Å². The molecular weight excluding hydrogens is 1860 g/mol. The standard InChI is InChI=1S/C96H144N14O16S8/c1-81-23-39-89(40-24-81)127(111,112)97-55-11-65-107(66-12-56-98-128(113,114)90-41-25-82(2)26-42-90)77-19-73-105(74-20-78-108(67-13-57-99-129(115,116)91-43-27-83(3)28-44-91)68-14-58-100-130(117,118)92-45-29-84(4)30-46-92)63-9-10-64-106(75-21-79-109(69-15-59-101-131(119,120)93-47-31-85(5)32-48-93)70-16-60-102-132(121,122)94-49-33-86(6)34-50-94)76-22-80-110(71-17-61-103-133(123,124)95-51-35-87(7)36-52-95)72-18-62-104-134(125,126)96-53-37-88(8)38-54-96/h23-54,97-104H,9-22,55-80H2,1-8H3. The van der Waals surface area contributed by atoms with Crippen molar-refractivity contribution in [3.05, 3.63) is 239 Å². The van der Waals surface area contributed by atoms with Gasteiger partial charge in [0.05, 0.1) is 39.2 Å². The number of unbranched alkanes of at least 4 members (excludes halogenated alkanes) is 1. The van der Waals surface area contributed by atoms with E-state index in [4.69, 9.17) is 0 Å². The molecule has 0 aliphatic carbocycles. The second-order valence-electron chi connectivity index (χ2n) is 34.7. The normalized spacial score (nSPS) is 12.9.